The smallest absolute Gasteiger partial charge is 0.300 e. The minimum absolute atomic E-state index is 0.0437. The standard InChI is InChI=1S/C28H25ClN2O5/c1-36-23-13-6-18(29)16-22(23)26(33)24-25(17-4-11-21(32)12-5-17)31(28(35)27(24)34)20-9-7-19(8-10-20)30-14-2-3-15-30/h4-13,16,25,32-33H,2-3,14-15H2,1H3/b26-24+. The van der Waals surface area contributed by atoms with Gasteiger partial charge in [-0.2, -0.15) is 0 Å². The van der Waals surface area contributed by atoms with Crippen molar-refractivity contribution in [2.24, 2.45) is 0 Å². The van der Waals surface area contributed by atoms with Gasteiger partial charge in [-0.15, -0.1) is 0 Å². The maximum Gasteiger partial charge on any atom is 0.300 e. The molecule has 2 fully saturated rings. The number of halogens is 1. The monoisotopic (exact) mass is 504 g/mol. The molecule has 2 saturated heterocycles. The third-order valence-corrected chi connectivity index (χ3v) is 6.90. The first-order valence-electron chi connectivity index (χ1n) is 11.7. The van der Waals surface area contributed by atoms with Crippen molar-refractivity contribution in [2.75, 3.05) is 30.0 Å². The average molecular weight is 505 g/mol. The minimum Gasteiger partial charge on any atom is -0.508 e. The fraction of sp³-hybridized carbons (Fsp3) is 0.214. The zero-order valence-corrected chi connectivity index (χ0v) is 20.4. The van der Waals surface area contributed by atoms with E-state index in [0.29, 0.717) is 22.0 Å². The van der Waals surface area contributed by atoms with E-state index in [4.69, 9.17) is 16.3 Å². The highest BCUT2D eigenvalue weighted by atomic mass is 35.5. The van der Waals surface area contributed by atoms with Crippen LogP contribution in [-0.2, 0) is 9.59 Å². The molecule has 0 aliphatic carbocycles. The Balaban J connectivity index is 1.66. The topological polar surface area (TPSA) is 90.3 Å². The Kier molecular flexibility index (Phi) is 6.33. The van der Waals surface area contributed by atoms with Crippen molar-refractivity contribution < 1.29 is 24.5 Å². The van der Waals surface area contributed by atoms with Crippen LogP contribution in [-0.4, -0.2) is 42.1 Å². The Morgan fingerprint density at radius 2 is 1.58 bits per heavy atom. The van der Waals surface area contributed by atoms with Gasteiger partial charge in [0.1, 0.15) is 17.3 Å². The maximum absolute atomic E-state index is 13.4. The molecule has 0 aromatic heterocycles. The highest BCUT2D eigenvalue weighted by molar-refractivity contribution is 6.51. The number of nitrogens with zero attached hydrogens (tertiary/aromatic N) is 2. The molecule has 1 unspecified atom stereocenters. The van der Waals surface area contributed by atoms with Gasteiger partial charge in [0.15, 0.2) is 0 Å². The molecule has 2 N–H and O–H groups in total. The molecule has 1 atom stereocenters. The van der Waals surface area contributed by atoms with Crippen molar-refractivity contribution >= 4 is 40.4 Å². The number of hydrogen-bond donors (Lipinski definition) is 2. The van der Waals surface area contributed by atoms with Crippen LogP contribution in [0.4, 0.5) is 11.4 Å². The fourth-order valence-corrected chi connectivity index (χ4v) is 5.05. The third kappa shape index (κ3) is 4.16. The number of ether oxygens (including phenoxy) is 1. The van der Waals surface area contributed by atoms with Crippen molar-refractivity contribution in [3.05, 3.63) is 88.5 Å². The van der Waals surface area contributed by atoms with Crippen molar-refractivity contribution in [3.63, 3.8) is 0 Å². The number of aliphatic hydroxyl groups excluding tert-OH is 1. The quantitative estimate of drug-likeness (QED) is 0.279. The van der Waals surface area contributed by atoms with Crippen molar-refractivity contribution in [2.45, 2.75) is 18.9 Å². The van der Waals surface area contributed by atoms with E-state index in [9.17, 15) is 19.8 Å². The molecule has 2 aliphatic rings. The predicted octanol–water partition coefficient (Wildman–Crippen LogP) is 5.28. The Morgan fingerprint density at radius 1 is 0.944 bits per heavy atom. The zero-order valence-electron chi connectivity index (χ0n) is 19.6. The van der Waals surface area contributed by atoms with Gasteiger partial charge in [-0.3, -0.25) is 14.5 Å². The van der Waals surface area contributed by atoms with Crippen LogP contribution in [0.2, 0.25) is 5.02 Å². The summed E-state index contributed by atoms with van der Waals surface area (Å²) in [7, 11) is 1.44. The largest absolute Gasteiger partial charge is 0.508 e. The summed E-state index contributed by atoms with van der Waals surface area (Å²) in [5, 5.41) is 21.5. The lowest BCUT2D eigenvalue weighted by molar-refractivity contribution is -0.132. The molecule has 7 nitrogen and oxygen atoms in total. The van der Waals surface area contributed by atoms with E-state index in [2.05, 4.69) is 4.90 Å². The van der Waals surface area contributed by atoms with Crippen LogP contribution in [0.3, 0.4) is 0 Å². The molecule has 2 aliphatic heterocycles. The number of ketones is 1. The van der Waals surface area contributed by atoms with Gasteiger partial charge in [-0.1, -0.05) is 23.7 Å². The van der Waals surface area contributed by atoms with Crippen molar-refractivity contribution in [3.8, 4) is 11.5 Å². The highest BCUT2D eigenvalue weighted by Gasteiger charge is 2.47. The van der Waals surface area contributed by atoms with Gasteiger partial charge in [0.2, 0.25) is 0 Å². The molecule has 36 heavy (non-hydrogen) atoms. The molecule has 8 heteroatoms. The summed E-state index contributed by atoms with van der Waals surface area (Å²) in [4.78, 5) is 30.4. The second-order valence-corrected chi connectivity index (χ2v) is 9.25. The first kappa shape index (κ1) is 23.8. The maximum atomic E-state index is 13.4. The lowest BCUT2D eigenvalue weighted by atomic mass is 9.94. The summed E-state index contributed by atoms with van der Waals surface area (Å²) in [6.45, 7) is 1.97. The second kappa shape index (κ2) is 9.59. The number of phenolic OH excluding ortho intramolecular Hbond substituents is 1. The summed E-state index contributed by atoms with van der Waals surface area (Å²) in [5.41, 5.74) is 2.25. The van der Waals surface area contributed by atoms with E-state index >= 15 is 0 Å². The number of anilines is 2. The SMILES string of the molecule is COc1ccc(Cl)cc1/C(O)=C1\C(=O)C(=O)N(c2ccc(N3CCCC3)cc2)C1c1ccc(O)cc1. The number of carbonyl (C=O) groups is 2. The summed E-state index contributed by atoms with van der Waals surface area (Å²) in [6, 6.07) is 17.5. The highest BCUT2D eigenvalue weighted by Crippen LogP contribution is 2.44. The van der Waals surface area contributed by atoms with E-state index in [1.807, 2.05) is 24.3 Å². The number of benzene rings is 3. The molecule has 0 bridgehead atoms. The van der Waals surface area contributed by atoms with Crippen LogP contribution < -0.4 is 14.5 Å². The Hall–Kier alpha value is -3.97. The molecular formula is C28H25ClN2O5. The van der Waals surface area contributed by atoms with Crippen LogP contribution >= 0.6 is 11.6 Å². The van der Waals surface area contributed by atoms with E-state index in [1.165, 1.54) is 30.2 Å². The number of phenols is 1. The first-order chi connectivity index (χ1) is 17.4. The van der Waals surface area contributed by atoms with Gasteiger partial charge in [0.25, 0.3) is 11.7 Å². The zero-order chi connectivity index (χ0) is 25.4. The van der Waals surface area contributed by atoms with E-state index in [0.717, 1.165) is 31.6 Å². The van der Waals surface area contributed by atoms with Gasteiger partial charge in [-0.05, 0) is 73.0 Å². The van der Waals surface area contributed by atoms with Gasteiger partial charge in [-0.25, -0.2) is 0 Å². The Bertz CT molecular complexity index is 1350. The van der Waals surface area contributed by atoms with Crippen LogP contribution in [0.25, 0.3) is 5.76 Å². The van der Waals surface area contributed by atoms with Crippen LogP contribution in [0.5, 0.6) is 11.5 Å². The molecule has 184 valence electrons. The number of amides is 1. The second-order valence-electron chi connectivity index (χ2n) is 8.82. The average Bonchev–Trinajstić information content (AvgIpc) is 3.52. The number of rotatable bonds is 5. The van der Waals surface area contributed by atoms with E-state index in [-0.39, 0.29) is 22.6 Å². The van der Waals surface area contributed by atoms with Gasteiger partial charge >= 0.3 is 0 Å². The summed E-state index contributed by atoms with van der Waals surface area (Å²) in [5.74, 6) is -1.62. The lowest BCUT2D eigenvalue weighted by Crippen LogP contribution is -2.29. The molecule has 0 saturated carbocycles. The minimum atomic E-state index is -0.924. The number of hydrogen-bond acceptors (Lipinski definition) is 6. The lowest BCUT2D eigenvalue weighted by Gasteiger charge is -2.26. The number of methoxy groups -OCH3 is 1. The number of Topliss-reactive ketones (excluding diaryl/α,β-unsaturated/α-hetero) is 1. The van der Waals surface area contributed by atoms with Crippen LogP contribution in [0.15, 0.2) is 72.3 Å². The van der Waals surface area contributed by atoms with E-state index < -0.39 is 17.7 Å². The number of carbonyl (C=O) groups excluding carboxylic acids is 2. The molecule has 3 aromatic carbocycles. The van der Waals surface area contributed by atoms with Crippen molar-refractivity contribution in [1.82, 2.24) is 0 Å². The Morgan fingerprint density at radius 3 is 2.22 bits per heavy atom. The normalized spacial score (nSPS) is 19.2. The predicted molar refractivity (Wildman–Crippen MR) is 139 cm³/mol. The molecule has 1 amide bonds. The molecule has 0 spiro atoms. The molecule has 5 rings (SSSR count). The summed E-state index contributed by atoms with van der Waals surface area (Å²) < 4.78 is 5.37. The van der Waals surface area contributed by atoms with E-state index in [1.54, 1.807) is 24.3 Å². The number of aliphatic hydroxyl groups is 1. The molecule has 3 aromatic rings. The molecule has 2 heterocycles. The van der Waals surface area contributed by atoms with Crippen LogP contribution in [0.1, 0.15) is 30.0 Å². The van der Waals surface area contributed by atoms with Crippen molar-refractivity contribution in [1.29, 1.82) is 0 Å². The first-order valence-corrected chi connectivity index (χ1v) is 12.1. The van der Waals surface area contributed by atoms with Gasteiger partial charge < -0.3 is 19.8 Å². The van der Waals surface area contributed by atoms with Crippen LogP contribution in [0, 0.1) is 0 Å². The molecular weight excluding hydrogens is 480 g/mol. The summed E-state index contributed by atoms with van der Waals surface area (Å²) >= 11 is 6.17. The Labute approximate surface area is 213 Å². The fourth-order valence-electron chi connectivity index (χ4n) is 4.88. The summed E-state index contributed by atoms with van der Waals surface area (Å²) in [6.07, 6.45) is 2.29. The number of aromatic hydroxyl groups is 1. The van der Waals surface area contributed by atoms with Gasteiger partial charge in [0, 0.05) is 29.5 Å². The third-order valence-electron chi connectivity index (χ3n) is 6.67. The van der Waals surface area contributed by atoms with Gasteiger partial charge in [0.05, 0.1) is 24.3 Å². The molecule has 0 radical (unpaired) electrons.